The normalized spacial score (nSPS) is 8.65. The molecule has 17 heteroatoms. The van der Waals surface area contributed by atoms with Gasteiger partial charge in [0.15, 0.2) is 5.60 Å². The Hall–Kier alpha value is 2.86. The first-order valence-electron chi connectivity index (χ1n) is 3.87. The average Bonchev–Trinajstić information content (AvgIpc) is 1.95. The summed E-state index contributed by atoms with van der Waals surface area (Å²) in [4.78, 5) is 30.5. The van der Waals surface area contributed by atoms with Gasteiger partial charge in [-0.05, 0) is 0 Å². The Morgan fingerprint density at radius 1 is 0.783 bits per heavy atom. The average molecular weight is 452 g/mol. The van der Waals surface area contributed by atoms with Crippen molar-refractivity contribution in [2.45, 2.75) is 18.4 Å². The molecule has 0 radical (unpaired) electrons. The van der Waals surface area contributed by atoms with Crippen LogP contribution >= 0.6 is 0 Å². The molecule has 0 rings (SSSR count). The third-order valence-electron chi connectivity index (χ3n) is 1.29. The maximum Gasteiger partial charge on any atom is 0 e. The van der Waals surface area contributed by atoms with Crippen molar-refractivity contribution in [3.05, 3.63) is 0 Å². The fourth-order valence-corrected chi connectivity index (χ4v) is 0.714. The van der Waals surface area contributed by atoms with Crippen LogP contribution in [0.15, 0.2) is 0 Å². The van der Waals surface area contributed by atoms with E-state index in [1.165, 1.54) is 0 Å². The number of hydrogen-bond donors (Lipinski definition) is 6. The number of carbonyl (C=O) groups is 3. The largest absolute Gasteiger partial charge is 0 e. The summed E-state index contributed by atoms with van der Waals surface area (Å²) in [6.07, 6.45) is -2.29. The van der Waals surface area contributed by atoms with Gasteiger partial charge in [0.25, 0.3) is 0 Å². The monoisotopic (exact) mass is 450 g/mol. The van der Waals surface area contributed by atoms with Gasteiger partial charge in [0.1, 0.15) is 0 Å². The van der Waals surface area contributed by atoms with Gasteiger partial charge < -0.3 is 20.4 Å². The van der Waals surface area contributed by atoms with Gasteiger partial charge in [-0.15, -0.1) is 0 Å². The first-order valence-corrected chi connectivity index (χ1v) is 5.27. The van der Waals surface area contributed by atoms with Crippen LogP contribution in [0.1, 0.15) is 12.8 Å². The van der Waals surface area contributed by atoms with Gasteiger partial charge in [-0.1, -0.05) is 0 Å². The van der Waals surface area contributed by atoms with Crippen molar-refractivity contribution >= 4 is 147 Å². The van der Waals surface area contributed by atoms with E-state index in [1.807, 2.05) is 0 Å². The molecule has 23 heavy (non-hydrogen) atoms. The number of carboxylic acid groups (broad SMARTS) is 3. The zero-order chi connectivity index (χ0) is 15.1. The van der Waals surface area contributed by atoms with Crippen LogP contribution in [0.25, 0.3) is 0 Å². The van der Waals surface area contributed by atoms with Crippen LogP contribution in [-0.2, 0) is 44.3 Å². The van der Waals surface area contributed by atoms with Gasteiger partial charge in [0, 0.05) is 19.5 Å². The Labute approximate surface area is 232 Å². The zero-order valence-electron chi connectivity index (χ0n) is 9.25. The van der Waals surface area contributed by atoms with Gasteiger partial charge >= 0.3 is 147 Å². The van der Waals surface area contributed by atoms with Crippen molar-refractivity contribution in [2.24, 2.45) is 0 Å². The zero-order valence-corrected chi connectivity index (χ0v) is 13.0. The van der Waals surface area contributed by atoms with Gasteiger partial charge in [-0.2, -0.15) is 8.42 Å². The van der Waals surface area contributed by atoms with Crippen molar-refractivity contribution in [3.63, 3.8) is 0 Å². The Morgan fingerprint density at radius 2 is 0.957 bits per heavy atom. The Morgan fingerprint density at radius 3 is 1.04 bits per heavy atom. The molecule has 0 unspecified atom stereocenters. The van der Waals surface area contributed by atoms with Crippen LogP contribution < -0.4 is 0 Å². The standard InChI is InChI=1S/C6H8O7.4Na.H2O4S.Zn.4H/c7-3(8)1-6(13,5(11)12)2-4(9)10;;;;;1-5(2,3)4;;;;;/h13H,1-2H2,(H,7,8)(H,9,10)(H,11,12);;;;;(H2,1,2,3,4);;;;;. The van der Waals surface area contributed by atoms with E-state index in [0.717, 1.165) is 0 Å². The molecule has 0 heterocycles. The quantitative estimate of drug-likeness (QED) is 0.173. The summed E-state index contributed by atoms with van der Waals surface area (Å²) < 4.78 is 31.6. The first-order chi connectivity index (χ1) is 7.78. The SMILES string of the molecule is O=C(O)CC(O)(CC(=O)O)C(=O)O.O=S(=O)(O)O.[NaH].[NaH].[NaH].[NaH].[Zn]. The molecule has 0 aromatic rings. The first kappa shape index (κ1) is 44.9. The summed E-state index contributed by atoms with van der Waals surface area (Å²) in [6.45, 7) is 0. The fraction of sp³-hybridized carbons (Fsp3) is 0.500. The summed E-state index contributed by atoms with van der Waals surface area (Å²) in [6, 6.07) is 0. The molecule has 0 aliphatic heterocycles. The predicted molar refractivity (Wildman–Crippen MR) is 79.9 cm³/mol. The molecule has 0 amide bonds. The molecule has 0 saturated carbocycles. The molecule has 0 atom stereocenters. The molecule has 0 fully saturated rings. The molecule has 6 N–H and O–H groups in total. The smallest absolute Gasteiger partial charge is 0 e. The summed E-state index contributed by atoms with van der Waals surface area (Å²) in [7, 11) is -4.67. The van der Waals surface area contributed by atoms with E-state index in [0.29, 0.717) is 0 Å². The Bertz CT molecular complexity index is 418. The van der Waals surface area contributed by atoms with Crippen molar-refractivity contribution in [1.29, 1.82) is 0 Å². The van der Waals surface area contributed by atoms with Crippen molar-refractivity contribution in [2.75, 3.05) is 0 Å². The molecule has 0 aliphatic rings. The van der Waals surface area contributed by atoms with Gasteiger partial charge in [0.2, 0.25) is 0 Å². The van der Waals surface area contributed by atoms with Crippen LogP contribution in [-0.4, -0.2) is 180 Å². The number of aliphatic carboxylic acids is 3. The second-order valence-corrected chi connectivity index (χ2v) is 3.82. The number of aliphatic hydroxyl groups is 1. The van der Waals surface area contributed by atoms with E-state index < -0.39 is 46.7 Å². The van der Waals surface area contributed by atoms with Crippen LogP contribution in [0.5, 0.6) is 0 Å². The maximum atomic E-state index is 10.3. The van der Waals surface area contributed by atoms with E-state index in [9.17, 15) is 14.4 Å². The Balaban J connectivity index is -0.0000000455. The molecule has 0 bridgehead atoms. The molecule has 116 valence electrons. The minimum atomic E-state index is -4.67. The molecule has 0 saturated heterocycles. The van der Waals surface area contributed by atoms with E-state index >= 15 is 0 Å². The number of rotatable bonds is 5. The third-order valence-corrected chi connectivity index (χ3v) is 1.29. The molecule has 0 aromatic carbocycles. The molecule has 0 spiro atoms. The second-order valence-electron chi connectivity index (χ2n) is 2.93. The molecule has 0 aliphatic carbocycles. The van der Waals surface area contributed by atoms with Crippen molar-refractivity contribution in [1.82, 2.24) is 0 Å². The van der Waals surface area contributed by atoms with E-state index in [2.05, 4.69) is 0 Å². The summed E-state index contributed by atoms with van der Waals surface area (Å²) in [5.74, 6) is -5.02. The molecule has 11 nitrogen and oxygen atoms in total. The number of carboxylic acids is 3. The van der Waals surface area contributed by atoms with E-state index in [4.69, 9.17) is 37.9 Å². The summed E-state index contributed by atoms with van der Waals surface area (Å²) >= 11 is 0. The van der Waals surface area contributed by atoms with Crippen LogP contribution in [0.4, 0.5) is 0 Å². The molecule has 0 aromatic heterocycles. The number of hydrogen-bond acceptors (Lipinski definition) is 6. The van der Waals surface area contributed by atoms with Gasteiger partial charge in [0.05, 0.1) is 12.8 Å². The van der Waals surface area contributed by atoms with E-state index in [-0.39, 0.29) is 138 Å². The predicted octanol–water partition coefficient (Wildman–Crippen LogP) is -4.50. The van der Waals surface area contributed by atoms with Crippen LogP contribution in [0.2, 0.25) is 0 Å². The maximum absolute atomic E-state index is 10.3. The molecular formula is C6H14Na4O11SZn. The van der Waals surface area contributed by atoms with E-state index in [1.54, 1.807) is 0 Å². The van der Waals surface area contributed by atoms with Crippen molar-refractivity contribution in [3.8, 4) is 0 Å². The van der Waals surface area contributed by atoms with Gasteiger partial charge in [-0.25, -0.2) is 4.79 Å². The third kappa shape index (κ3) is 36.5. The summed E-state index contributed by atoms with van der Waals surface area (Å²) in [5, 5.41) is 33.8. The summed E-state index contributed by atoms with van der Waals surface area (Å²) in [5.41, 5.74) is -2.74. The minimum Gasteiger partial charge on any atom is 0 e. The van der Waals surface area contributed by atoms with Crippen LogP contribution in [0.3, 0.4) is 0 Å². The van der Waals surface area contributed by atoms with Gasteiger partial charge in [-0.3, -0.25) is 18.7 Å². The minimum absolute atomic E-state index is 0. The van der Waals surface area contributed by atoms with Crippen LogP contribution in [0, 0.1) is 0 Å². The van der Waals surface area contributed by atoms with Crippen molar-refractivity contribution < 1.29 is 71.8 Å². The topological polar surface area (TPSA) is 207 Å². The Kier molecular flexibility index (Phi) is 41.4. The fourth-order valence-electron chi connectivity index (χ4n) is 0.714. The molecular weight excluding hydrogens is 437 g/mol. The second kappa shape index (κ2) is 21.2.